The molecule has 4 N–H and O–H groups in total. The van der Waals surface area contributed by atoms with E-state index in [0.717, 1.165) is 38.8 Å². The van der Waals surface area contributed by atoms with E-state index in [1.807, 2.05) is 45.2 Å². The molecule has 0 aliphatic heterocycles. The molecule has 136 valence electrons. The highest BCUT2D eigenvalue weighted by molar-refractivity contribution is 5.89. The average molecular weight is 359 g/mol. The number of hydrogen-bond acceptors (Lipinski definition) is 4. The SMILES string of the molecule is Cc1cc(OC(C)C)c(C(N)c2nc3ccc(C#N)cc3[nH]2)c2cc[nH]c12. The van der Waals surface area contributed by atoms with Gasteiger partial charge in [-0.2, -0.15) is 5.26 Å². The summed E-state index contributed by atoms with van der Waals surface area (Å²) in [7, 11) is 0. The van der Waals surface area contributed by atoms with Crippen LogP contribution in [0.25, 0.3) is 21.9 Å². The Labute approximate surface area is 157 Å². The number of nitrogens with zero attached hydrogens (tertiary/aromatic N) is 2. The molecule has 6 nitrogen and oxygen atoms in total. The molecule has 1 atom stereocenters. The molecule has 0 aliphatic carbocycles. The zero-order valence-corrected chi connectivity index (χ0v) is 15.5. The molecule has 0 amide bonds. The normalized spacial score (nSPS) is 12.6. The minimum atomic E-state index is -0.490. The number of nitrogens with two attached hydrogens (primary N) is 1. The van der Waals surface area contributed by atoms with Gasteiger partial charge in [0.15, 0.2) is 0 Å². The van der Waals surface area contributed by atoms with Gasteiger partial charge in [0.1, 0.15) is 11.6 Å². The Balaban J connectivity index is 1.89. The Morgan fingerprint density at radius 1 is 1.22 bits per heavy atom. The third-order valence-corrected chi connectivity index (χ3v) is 4.64. The molecular weight excluding hydrogens is 338 g/mol. The Morgan fingerprint density at radius 3 is 2.78 bits per heavy atom. The van der Waals surface area contributed by atoms with E-state index in [2.05, 4.69) is 21.0 Å². The first-order valence-electron chi connectivity index (χ1n) is 8.90. The molecule has 0 saturated carbocycles. The second kappa shape index (κ2) is 6.45. The molecule has 6 heteroatoms. The summed E-state index contributed by atoms with van der Waals surface area (Å²) in [5.41, 5.74) is 11.8. The van der Waals surface area contributed by atoms with Crippen molar-refractivity contribution in [1.29, 1.82) is 5.26 Å². The summed E-state index contributed by atoms with van der Waals surface area (Å²) in [6.07, 6.45) is 1.94. The zero-order valence-electron chi connectivity index (χ0n) is 15.5. The van der Waals surface area contributed by atoms with Gasteiger partial charge in [-0.15, -0.1) is 0 Å². The maximum atomic E-state index is 9.10. The number of ether oxygens (including phenoxy) is 1. The summed E-state index contributed by atoms with van der Waals surface area (Å²) in [5, 5.41) is 10.1. The third kappa shape index (κ3) is 2.92. The molecule has 4 rings (SSSR count). The molecule has 0 radical (unpaired) electrons. The van der Waals surface area contributed by atoms with Crippen molar-refractivity contribution in [3.05, 3.63) is 59.0 Å². The second-order valence-corrected chi connectivity index (χ2v) is 6.98. The van der Waals surface area contributed by atoms with Crippen molar-refractivity contribution >= 4 is 21.9 Å². The summed E-state index contributed by atoms with van der Waals surface area (Å²) in [4.78, 5) is 11.2. The van der Waals surface area contributed by atoms with Crippen LogP contribution in [-0.4, -0.2) is 21.1 Å². The number of aromatic amines is 2. The van der Waals surface area contributed by atoms with Crippen molar-refractivity contribution in [2.45, 2.75) is 32.9 Å². The number of hydrogen-bond donors (Lipinski definition) is 3. The van der Waals surface area contributed by atoms with Gasteiger partial charge in [-0.1, -0.05) is 0 Å². The number of nitriles is 1. The van der Waals surface area contributed by atoms with Gasteiger partial charge in [-0.25, -0.2) is 4.98 Å². The van der Waals surface area contributed by atoms with Crippen LogP contribution in [0.1, 0.15) is 42.4 Å². The van der Waals surface area contributed by atoms with E-state index in [0.29, 0.717) is 11.4 Å². The minimum absolute atomic E-state index is 0.0283. The molecular formula is C21H21N5O. The standard InChI is InChI=1S/C21H21N5O/c1-11(2)27-17-8-12(3)20-14(6-7-24-20)18(17)19(23)21-25-15-5-4-13(10-22)9-16(15)26-21/h4-9,11,19,24H,23H2,1-3H3,(H,25,26). The van der Waals surface area contributed by atoms with Crippen molar-refractivity contribution in [2.75, 3.05) is 0 Å². The highest BCUT2D eigenvalue weighted by atomic mass is 16.5. The van der Waals surface area contributed by atoms with Crippen molar-refractivity contribution < 1.29 is 4.74 Å². The van der Waals surface area contributed by atoms with E-state index >= 15 is 0 Å². The fraction of sp³-hybridized carbons (Fsp3) is 0.238. The van der Waals surface area contributed by atoms with Crippen LogP contribution in [0.3, 0.4) is 0 Å². The summed E-state index contributed by atoms with van der Waals surface area (Å²) >= 11 is 0. The van der Waals surface area contributed by atoms with Gasteiger partial charge < -0.3 is 20.4 Å². The van der Waals surface area contributed by atoms with Gasteiger partial charge in [0.05, 0.1) is 34.8 Å². The van der Waals surface area contributed by atoms with Gasteiger partial charge in [0.2, 0.25) is 0 Å². The number of aryl methyl sites for hydroxylation is 1. The van der Waals surface area contributed by atoms with E-state index in [1.54, 1.807) is 12.1 Å². The summed E-state index contributed by atoms with van der Waals surface area (Å²) in [6, 6.07) is 11.0. The maximum absolute atomic E-state index is 9.10. The first-order valence-corrected chi connectivity index (χ1v) is 8.90. The molecule has 2 heterocycles. The molecule has 0 bridgehead atoms. The maximum Gasteiger partial charge on any atom is 0.129 e. The molecule has 0 spiro atoms. The number of imidazole rings is 1. The third-order valence-electron chi connectivity index (χ3n) is 4.64. The van der Waals surface area contributed by atoms with Gasteiger partial charge in [0, 0.05) is 22.7 Å². The fourth-order valence-electron chi connectivity index (χ4n) is 3.45. The number of aromatic nitrogens is 3. The van der Waals surface area contributed by atoms with E-state index in [-0.39, 0.29) is 6.10 Å². The Morgan fingerprint density at radius 2 is 2.04 bits per heavy atom. The Kier molecular flexibility index (Phi) is 4.09. The average Bonchev–Trinajstić information content (AvgIpc) is 3.27. The van der Waals surface area contributed by atoms with Crippen LogP contribution in [-0.2, 0) is 0 Å². The van der Waals surface area contributed by atoms with Crippen LogP contribution in [0.5, 0.6) is 5.75 Å². The number of benzene rings is 2. The van der Waals surface area contributed by atoms with Crippen LogP contribution in [0.15, 0.2) is 36.5 Å². The lowest BCUT2D eigenvalue weighted by atomic mass is 9.98. The predicted molar refractivity (Wildman–Crippen MR) is 106 cm³/mol. The molecule has 0 aliphatic rings. The smallest absolute Gasteiger partial charge is 0.129 e. The van der Waals surface area contributed by atoms with Crippen molar-refractivity contribution in [2.24, 2.45) is 5.73 Å². The second-order valence-electron chi connectivity index (χ2n) is 6.98. The lowest BCUT2D eigenvalue weighted by Crippen LogP contribution is -2.17. The van der Waals surface area contributed by atoms with Gasteiger partial charge in [0.25, 0.3) is 0 Å². The van der Waals surface area contributed by atoms with Gasteiger partial charge in [-0.05, 0) is 56.7 Å². The van der Waals surface area contributed by atoms with Gasteiger partial charge >= 0.3 is 0 Å². The van der Waals surface area contributed by atoms with E-state index < -0.39 is 6.04 Å². The van der Waals surface area contributed by atoms with Crippen LogP contribution in [0, 0.1) is 18.3 Å². The Hall–Kier alpha value is -3.30. The number of H-pyrrole nitrogens is 2. The van der Waals surface area contributed by atoms with Crippen LogP contribution < -0.4 is 10.5 Å². The molecule has 27 heavy (non-hydrogen) atoms. The quantitative estimate of drug-likeness (QED) is 0.511. The summed E-state index contributed by atoms with van der Waals surface area (Å²) < 4.78 is 6.08. The zero-order chi connectivity index (χ0) is 19.1. The highest BCUT2D eigenvalue weighted by Crippen LogP contribution is 2.37. The van der Waals surface area contributed by atoms with Crippen LogP contribution in [0.4, 0.5) is 0 Å². The monoisotopic (exact) mass is 359 g/mol. The molecule has 4 aromatic rings. The summed E-state index contributed by atoms with van der Waals surface area (Å²) in [6.45, 7) is 6.04. The van der Waals surface area contributed by atoms with E-state index in [4.69, 9.17) is 15.7 Å². The van der Waals surface area contributed by atoms with Crippen molar-refractivity contribution in [3.8, 4) is 11.8 Å². The number of fused-ring (bicyclic) bond motifs is 2. The Bertz CT molecular complexity index is 1180. The van der Waals surface area contributed by atoms with Gasteiger partial charge in [-0.3, -0.25) is 0 Å². The largest absolute Gasteiger partial charge is 0.491 e. The van der Waals surface area contributed by atoms with Crippen molar-refractivity contribution in [3.63, 3.8) is 0 Å². The molecule has 2 aromatic carbocycles. The minimum Gasteiger partial charge on any atom is -0.491 e. The van der Waals surface area contributed by atoms with E-state index in [1.165, 1.54) is 0 Å². The topological polar surface area (TPSA) is 104 Å². The number of nitrogens with one attached hydrogen (secondary N) is 2. The number of rotatable bonds is 4. The first-order chi connectivity index (χ1) is 13.0. The molecule has 0 fully saturated rings. The summed E-state index contributed by atoms with van der Waals surface area (Å²) in [5.74, 6) is 1.40. The predicted octanol–water partition coefficient (Wildman–Crippen LogP) is 4.06. The van der Waals surface area contributed by atoms with Crippen molar-refractivity contribution in [1.82, 2.24) is 15.0 Å². The van der Waals surface area contributed by atoms with E-state index in [9.17, 15) is 0 Å². The van der Waals surface area contributed by atoms with Crippen LogP contribution in [0.2, 0.25) is 0 Å². The molecule has 1 unspecified atom stereocenters. The first kappa shape index (κ1) is 17.1. The highest BCUT2D eigenvalue weighted by Gasteiger charge is 2.23. The molecule has 0 saturated heterocycles. The lowest BCUT2D eigenvalue weighted by molar-refractivity contribution is 0.239. The van der Waals surface area contributed by atoms with Crippen LogP contribution >= 0.6 is 0 Å². The molecule has 2 aromatic heterocycles. The lowest BCUT2D eigenvalue weighted by Gasteiger charge is -2.20. The fourth-order valence-corrected chi connectivity index (χ4v) is 3.45.